The molecule has 0 amide bonds. The van der Waals surface area contributed by atoms with Crippen molar-refractivity contribution in [2.75, 3.05) is 0 Å². The van der Waals surface area contributed by atoms with Crippen LogP contribution >= 0.6 is 0 Å². The van der Waals surface area contributed by atoms with Gasteiger partial charge in [0.25, 0.3) is 0 Å². The van der Waals surface area contributed by atoms with Crippen molar-refractivity contribution in [3.05, 3.63) is 0 Å². The molecule has 0 aromatic heterocycles. The molecular formula is C21H38. The summed E-state index contributed by atoms with van der Waals surface area (Å²) in [6.45, 7) is 7.86. The first-order chi connectivity index (χ1) is 10.0. The molecule has 4 atom stereocenters. The normalized spacial score (nSPS) is 43.3. The lowest BCUT2D eigenvalue weighted by molar-refractivity contribution is -0.0149. The summed E-state index contributed by atoms with van der Waals surface area (Å²) in [6.07, 6.45) is 19.7. The van der Waals surface area contributed by atoms with Crippen LogP contribution in [0.15, 0.2) is 0 Å². The van der Waals surface area contributed by atoms with Crippen LogP contribution in [0.3, 0.4) is 0 Å². The Kier molecular flexibility index (Phi) is 4.72. The third kappa shape index (κ3) is 3.20. The maximum atomic E-state index is 2.69. The third-order valence-electron chi connectivity index (χ3n) is 8.07. The largest absolute Gasteiger partial charge is 0.0622 e. The van der Waals surface area contributed by atoms with E-state index in [0.29, 0.717) is 10.8 Å². The van der Waals surface area contributed by atoms with Gasteiger partial charge in [0.2, 0.25) is 0 Å². The Morgan fingerprint density at radius 1 is 0.810 bits per heavy atom. The van der Waals surface area contributed by atoms with E-state index >= 15 is 0 Å². The van der Waals surface area contributed by atoms with Crippen LogP contribution in [-0.2, 0) is 0 Å². The Morgan fingerprint density at radius 2 is 1.52 bits per heavy atom. The van der Waals surface area contributed by atoms with E-state index in [1.54, 1.807) is 0 Å². The van der Waals surface area contributed by atoms with Gasteiger partial charge >= 0.3 is 0 Å². The van der Waals surface area contributed by atoms with Gasteiger partial charge < -0.3 is 0 Å². The molecule has 3 fully saturated rings. The highest BCUT2D eigenvalue weighted by Crippen LogP contribution is 2.56. The van der Waals surface area contributed by atoms with Crippen molar-refractivity contribution in [2.45, 2.75) is 104 Å². The SMILES string of the molecule is CC1CCC2CCCCCC2(C)C1CCC1(C)CCCC1. The molecule has 0 heteroatoms. The fraction of sp³-hybridized carbons (Fsp3) is 1.00. The van der Waals surface area contributed by atoms with Crippen LogP contribution in [0.5, 0.6) is 0 Å². The van der Waals surface area contributed by atoms with Crippen molar-refractivity contribution < 1.29 is 0 Å². The highest BCUT2D eigenvalue weighted by Gasteiger charge is 2.47. The van der Waals surface area contributed by atoms with Crippen LogP contribution in [0.2, 0.25) is 0 Å². The second-order valence-corrected chi connectivity index (χ2v) is 9.52. The maximum absolute atomic E-state index is 2.69. The van der Waals surface area contributed by atoms with E-state index in [1.165, 1.54) is 83.5 Å². The van der Waals surface area contributed by atoms with Crippen molar-refractivity contribution in [1.82, 2.24) is 0 Å². The van der Waals surface area contributed by atoms with Gasteiger partial charge in [0.1, 0.15) is 0 Å². The average molecular weight is 291 g/mol. The molecule has 3 aliphatic carbocycles. The van der Waals surface area contributed by atoms with Gasteiger partial charge in [0.05, 0.1) is 0 Å². The topological polar surface area (TPSA) is 0 Å². The summed E-state index contributed by atoms with van der Waals surface area (Å²) >= 11 is 0. The predicted molar refractivity (Wildman–Crippen MR) is 92.4 cm³/mol. The highest BCUT2D eigenvalue weighted by atomic mass is 14.5. The van der Waals surface area contributed by atoms with E-state index in [-0.39, 0.29) is 0 Å². The average Bonchev–Trinajstić information content (AvgIpc) is 2.78. The van der Waals surface area contributed by atoms with Crippen molar-refractivity contribution >= 4 is 0 Å². The molecule has 0 spiro atoms. The van der Waals surface area contributed by atoms with Gasteiger partial charge in [-0.25, -0.2) is 0 Å². The van der Waals surface area contributed by atoms with Gasteiger partial charge in [0, 0.05) is 0 Å². The molecule has 0 saturated heterocycles. The smallest absolute Gasteiger partial charge is 0.0267 e. The molecule has 21 heavy (non-hydrogen) atoms. The standard InChI is InChI=1S/C21H38/c1-17-10-11-18-9-5-4-6-15-21(18,3)19(17)12-16-20(2)13-7-8-14-20/h17-19H,4-16H2,1-3H3. The minimum absolute atomic E-state index is 0.684. The van der Waals surface area contributed by atoms with Crippen molar-refractivity contribution in [3.63, 3.8) is 0 Å². The van der Waals surface area contributed by atoms with E-state index in [1.807, 2.05) is 0 Å². The van der Waals surface area contributed by atoms with E-state index in [4.69, 9.17) is 0 Å². The molecule has 3 saturated carbocycles. The van der Waals surface area contributed by atoms with Gasteiger partial charge in [-0.3, -0.25) is 0 Å². The van der Waals surface area contributed by atoms with Crippen LogP contribution < -0.4 is 0 Å². The summed E-state index contributed by atoms with van der Waals surface area (Å²) in [5.74, 6) is 3.05. The lowest BCUT2D eigenvalue weighted by Crippen LogP contribution is -2.42. The van der Waals surface area contributed by atoms with Crippen molar-refractivity contribution in [3.8, 4) is 0 Å². The zero-order valence-electron chi connectivity index (χ0n) is 14.9. The number of hydrogen-bond acceptors (Lipinski definition) is 0. The fourth-order valence-electron chi connectivity index (χ4n) is 6.48. The summed E-state index contributed by atoms with van der Waals surface area (Å²) < 4.78 is 0. The lowest BCUT2D eigenvalue weighted by Gasteiger charge is -2.51. The summed E-state index contributed by atoms with van der Waals surface area (Å²) in [5, 5.41) is 0. The Balaban J connectivity index is 1.70. The molecule has 4 unspecified atom stereocenters. The first-order valence-electron chi connectivity index (χ1n) is 10.0. The zero-order valence-corrected chi connectivity index (χ0v) is 14.9. The van der Waals surface area contributed by atoms with Crippen LogP contribution in [0.4, 0.5) is 0 Å². The fourth-order valence-corrected chi connectivity index (χ4v) is 6.48. The second kappa shape index (κ2) is 6.25. The third-order valence-corrected chi connectivity index (χ3v) is 8.07. The molecule has 0 aliphatic heterocycles. The Morgan fingerprint density at radius 3 is 2.29 bits per heavy atom. The second-order valence-electron chi connectivity index (χ2n) is 9.52. The van der Waals surface area contributed by atoms with Crippen LogP contribution in [0, 0.1) is 28.6 Å². The zero-order chi connectivity index (χ0) is 14.9. The minimum atomic E-state index is 0.684. The molecule has 0 aromatic rings. The summed E-state index contributed by atoms with van der Waals surface area (Å²) in [4.78, 5) is 0. The predicted octanol–water partition coefficient (Wildman–Crippen LogP) is 6.98. The van der Waals surface area contributed by atoms with E-state index in [0.717, 1.165) is 17.8 Å². The van der Waals surface area contributed by atoms with Crippen LogP contribution in [0.1, 0.15) is 104 Å². The molecular weight excluding hydrogens is 252 g/mol. The van der Waals surface area contributed by atoms with Gasteiger partial charge in [-0.05, 0) is 73.5 Å². The van der Waals surface area contributed by atoms with Crippen molar-refractivity contribution in [2.24, 2.45) is 28.6 Å². The number of fused-ring (bicyclic) bond motifs is 1. The number of rotatable bonds is 3. The van der Waals surface area contributed by atoms with E-state index in [2.05, 4.69) is 20.8 Å². The van der Waals surface area contributed by atoms with Crippen LogP contribution in [-0.4, -0.2) is 0 Å². The van der Waals surface area contributed by atoms with Gasteiger partial charge in [-0.2, -0.15) is 0 Å². The molecule has 3 rings (SSSR count). The first kappa shape index (κ1) is 15.9. The van der Waals surface area contributed by atoms with Gasteiger partial charge in [-0.15, -0.1) is 0 Å². The summed E-state index contributed by atoms with van der Waals surface area (Å²) in [5.41, 5.74) is 1.39. The van der Waals surface area contributed by atoms with E-state index < -0.39 is 0 Å². The Labute approximate surface area is 133 Å². The minimum Gasteiger partial charge on any atom is -0.0622 e. The maximum Gasteiger partial charge on any atom is -0.0267 e. The van der Waals surface area contributed by atoms with E-state index in [9.17, 15) is 0 Å². The molecule has 0 aromatic carbocycles. The Bertz CT molecular complexity index is 338. The van der Waals surface area contributed by atoms with Gasteiger partial charge in [0.15, 0.2) is 0 Å². The first-order valence-corrected chi connectivity index (χ1v) is 10.0. The van der Waals surface area contributed by atoms with Crippen LogP contribution in [0.25, 0.3) is 0 Å². The number of hydrogen-bond donors (Lipinski definition) is 0. The molecule has 3 aliphatic rings. The Hall–Kier alpha value is 0. The lowest BCUT2D eigenvalue weighted by atomic mass is 9.54. The molecule has 0 N–H and O–H groups in total. The monoisotopic (exact) mass is 290 g/mol. The molecule has 0 heterocycles. The van der Waals surface area contributed by atoms with Crippen molar-refractivity contribution in [1.29, 1.82) is 0 Å². The molecule has 0 nitrogen and oxygen atoms in total. The summed E-state index contributed by atoms with van der Waals surface area (Å²) in [6, 6.07) is 0. The summed E-state index contributed by atoms with van der Waals surface area (Å²) in [7, 11) is 0. The quantitative estimate of drug-likeness (QED) is 0.526. The molecule has 122 valence electrons. The molecule has 0 radical (unpaired) electrons. The molecule has 0 bridgehead atoms. The highest BCUT2D eigenvalue weighted by molar-refractivity contribution is 4.97. The van der Waals surface area contributed by atoms with Gasteiger partial charge in [-0.1, -0.05) is 59.3 Å².